The number of rotatable bonds is 0. The van der Waals surface area contributed by atoms with E-state index in [1.165, 1.54) is 11.1 Å². The molecule has 0 aromatic heterocycles. The van der Waals surface area contributed by atoms with Crippen molar-refractivity contribution < 1.29 is 26.7 Å². The maximum absolute atomic E-state index is 3.12. The average Bonchev–Trinajstić information content (AvgIpc) is 2.63. The van der Waals surface area contributed by atoms with Crippen molar-refractivity contribution in [1.82, 2.24) is 0 Å². The molecule has 73 valence electrons. The van der Waals surface area contributed by atoms with E-state index >= 15 is 0 Å². The van der Waals surface area contributed by atoms with Gasteiger partial charge in [0.25, 0.3) is 0 Å². The quantitative estimate of drug-likeness (QED) is 0.589. The zero-order chi connectivity index (χ0) is 8.81. The zero-order valence-electron chi connectivity index (χ0n) is 11.2. The monoisotopic (exact) mass is 342 g/mol. The van der Waals surface area contributed by atoms with E-state index in [4.69, 9.17) is 0 Å². The molecule has 0 amide bonds. The molecule has 0 N–H and O–H groups in total. The van der Waals surface area contributed by atoms with Crippen molar-refractivity contribution in [2.24, 2.45) is 0 Å². The molecule has 2 aliphatic carbocycles. The van der Waals surface area contributed by atoms with Crippen LogP contribution in [0.5, 0.6) is 0 Å². The molecule has 0 spiro atoms. The second-order valence-electron chi connectivity index (χ2n) is 2.93. The molecule has 0 aromatic carbocycles. The minimum Gasteiger partial charge on any atom is -1.00 e. The van der Waals surface area contributed by atoms with Gasteiger partial charge in [0.1, 0.15) is 0 Å². The van der Waals surface area contributed by atoms with E-state index in [0.29, 0.717) is 0 Å². The molecule has 2 rings (SSSR count). The van der Waals surface area contributed by atoms with Crippen LogP contribution in [0.4, 0.5) is 0 Å². The summed E-state index contributed by atoms with van der Waals surface area (Å²) in [5, 5.41) is 0. The van der Waals surface area contributed by atoms with Crippen molar-refractivity contribution in [3.63, 3.8) is 0 Å². The van der Waals surface area contributed by atoms with E-state index < -0.39 is 0 Å². The molecule has 1 radical (unpaired) electrons. The summed E-state index contributed by atoms with van der Waals surface area (Å²) in [6.07, 6.45) is 16.7. The van der Waals surface area contributed by atoms with Crippen molar-refractivity contribution in [2.45, 2.75) is 26.7 Å². The summed E-state index contributed by atoms with van der Waals surface area (Å²) >= 11 is 0. The standard InChI is InChI=1S/2C6H7.Ta.3H/c2*1-6-4-2-3-5-6;;;;/h2*2,4H,3H2,1H3;;;;/q2*-1;+2;3*-1. The molecule has 13 heavy (non-hydrogen) atoms. The van der Waals surface area contributed by atoms with Crippen LogP contribution in [0.3, 0.4) is 0 Å². The second kappa shape index (κ2) is 7.14. The third-order valence-electron chi connectivity index (χ3n) is 1.73. The summed E-state index contributed by atoms with van der Waals surface area (Å²) in [6, 6.07) is 0. The molecule has 0 saturated heterocycles. The summed E-state index contributed by atoms with van der Waals surface area (Å²) in [4.78, 5) is 0. The van der Waals surface area contributed by atoms with Crippen molar-refractivity contribution >= 4 is 0 Å². The Morgan fingerprint density at radius 3 is 1.46 bits per heavy atom. The summed E-state index contributed by atoms with van der Waals surface area (Å²) in [5.41, 5.74) is 2.55. The Morgan fingerprint density at radius 1 is 1.00 bits per heavy atom. The summed E-state index contributed by atoms with van der Waals surface area (Å²) in [5.74, 6) is 0. The van der Waals surface area contributed by atoms with E-state index in [1.54, 1.807) is 0 Å². The maximum atomic E-state index is 3.12. The Kier molecular flexibility index (Phi) is 6.97. The minimum atomic E-state index is 0. The van der Waals surface area contributed by atoms with Gasteiger partial charge in [0.05, 0.1) is 0 Å². The van der Waals surface area contributed by atoms with Crippen molar-refractivity contribution in [2.75, 3.05) is 0 Å². The van der Waals surface area contributed by atoms with Gasteiger partial charge in [-0.25, -0.2) is 23.3 Å². The van der Waals surface area contributed by atoms with Crippen LogP contribution in [0.2, 0.25) is 0 Å². The molecule has 0 aromatic rings. The fourth-order valence-electron chi connectivity index (χ4n) is 1.03. The molecule has 0 aliphatic heterocycles. The second-order valence-corrected chi connectivity index (χ2v) is 2.93. The Bertz CT molecular complexity index is 232. The van der Waals surface area contributed by atoms with Crippen LogP contribution >= 0.6 is 0 Å². The smallest absolute Gasteiger partial charge is 1.00 e. The molecule has 0 saturated carbocycles. The van der Waals surface area contributed by atoms with Gasteiger partial charge in [0, 0.05) is 0 Å². The predicted molar refractivity (Wildman–Crippen MR) is 55.7 cm³/mol. The van der Waals surface area contributed by atoms with Gasteiger partial charge < -0.3 is 4.28 Å². The van der Waals surface area contributed by atoms with Gasteiger partial charge in [0.15, 0.2) is 0 Å². The normalized spacial score (nSPS) is 17.1. The first-order valence-electron chi connectivity index (χ1n) is 4.27. The molecule has 2 aliphatic rings. The van der Waals surface area contributed by atoms with Gasteiger partial charge in [-0.1, -0.05) is 13.8 Å². The van der Waals surface area contributed by atoms with Gasteiger partial charge >= 0.3 is 22.4 Å². The van der Waals surface area contributed by atoms with Gasteiger partial charge in [-0.2, -0.15) is 12.2 Å². The minimum absolute atomic E-state index is 0. The van der Waals surface area contributed by atoms with Crippen LogP contribution in [-0.2, 0) is 22.4 Å². The van der Waals surface area contributed by atoms with E-state index in [1.807, 2.05) is 0 Å². The van der Waals surface area contributed by atoms with Gasteiger partial charge in [-0.15, -0.1) is 12.8 Å². The van der Waals surface area contributed by atoms with Gasteiger partial charge in [0.2, 0.25) is 0 Å². The van der Waals surface area contributed by atoms with Crippen LogP contribution in [0.15, 0.2) is 35.5 Å². The van der Waals surface area contributed by atoms with Crippen molar-refractivity contribution in [3.8, 4) is 0 Å². The van der Waals surface area contributed by atoms with Gasteiger partial charge in [-0.3, -0.25) is 12.2 Å². The van der Waals surface area contributed by atoms with Crippen molar-refractivity contribution in [1.29, 1.82) is 0 Å². The van der Waals surface area contributed by atoms with Crippen LogP contribution < -0.4 is 0 Å². The molecule has 0 bridgehead atoms. The molecule has 1 heteroatoms. The third kappa shape index (κ3) is 5.87. The first-order chi connectivity index (χ1) is 5.79. The van der Waals surface area contributed by atoms with Crippen LogP contribution in [0.25, 0.3) is 0 Å². The van der Waals surface area contributed by atoms with Crippen molar-refractivity contribution in [3.05, 3.63) is 47.6 Å². The first-order valence-corrected chi connectivity index (χ1v) is 4.27. The fourth-order valence-corrected chi connectivity index (χ4v) is 1.03. The van der Waals surface area contributed by atoms with E-state index in [9.17, 15) is 0 Å². The molecule has 0 heterocycles. The van der Waals surface area contributed by atoms with Crippen LogP contribution in [-0.4, -0.2) is 0 Å². The molecular weight excluding hydrogens is 325 g/mol. The molecule has 0 nitrogen and oxygen atoms in total. The Morgan fingerprint density at radius 2 is 1.38 bits per heavy atom. The topological polar surface area (TPSA) is 0 Å². The largest absolute Gasteiger partial charge is 2.00 e. The van der Waals surface area contributed by atoms with Gasteiger partial charge in [-0.05, 0) is 0 Å². The SMILES string of the molecule is CC1=[C-]CC=C1.CC1=[C-]CC=C1.[H-].[H-].[H-].[Ta+2]. The summed E-state index contributed by atoms with van der Waals surface area (Å²) in [7, 11) is 0. The third-order valence-corrected chi connectivity index (χ3v) is 1.73. The molecule has 0 unspecified atom stereocenters. The average molecular weight is 342 g/mol. The van der Waals surface area contributed by atoms with E-state index in [-0.39, 0.29) is 26.7 Å². The number of hydrogen-bond donors (Lipinski definition) is 0. The van der Waals surface area contributed by atoms with E-state index in [0.717, 1.165) is 12.8 Å². The zero-order valence-corrected chi connectivity index (χ0v) is 11.4. The summed E-state index contributed by atoms with van der Waals surface area (Å²) < 4.78 is 0. The van der Waals surface area contributed by atoms with Crippen LogP contribution in [0.1, 0.15) is 31.0 Å². The van der Waals surface area contributed by atoms with E-state index in [2.05, 4.69) is 50.3 Å². The Balaban J connectivity index is -0.0000000720. The van der Waals surface area contributed by atoms with Crippen LogP contribution in [0, 0.1) is 12.2 Å². The number of hydrogen-bond acceptors (Lipinski definition) is 0. The summed E-state index contributed by atoms with van der Waals surface area (Å²) in [6.45, 7) is 4.12. The Hall–Kier alpha value is -0.300. The number of allylic oxidation sites excluding steroid dienone is 8. The predicted octanol–water partition coefficient (Wildman–Crippen LogP) is 3.73. The molecule has 0 atom stereocenters. The fraction of sp³-hybridized carbons (Fsp3) is 0.333. The molecule has 0 fully saturated rings. The maximum Gasteiger partial charge on any atom is 2.00 e. The Labute approximate surface area is 101 Å². The molecular formula is C12H17Ta-3. The first kappa shape index (κ1) is 12.7.